The van der Waals surface area contributed by atoms with Gasteiger partial charge in [-0.1, -0.05) is 40.4 Å². The first kappa shape index (κ1) is 24.4. The lowest BCUT2D eigenvalue weighted by molar-refractivity contribution is -0.171. The fourth-order valence-electron chi connectivity index (χ4n) is 2.31. The molecule has 0 saturated heterocycles. The van der Waals surface area contributed by atoms with Crippen molar-refractivity contribution in [3.8, 4) is 11.8 Å². The zero-order chi connectivity index (χ0) is 20.0. The first-order valence-electron chi connectivity index (χ1n) is 8.67. The van der Waals surface area contributed by atoms with Crippen LogP contribution < -0.4 is 0 Å². The van der Waals surface area contributed by atoms with Crippen molar-refractivity contribution in [1.82, 2.24) is 0 Å². The van der Waals surface area contributed by atoms with E-state index in [1.54, 1.807) is 21.0 Å². The third-order valence-electron chi connectivity index (χ3n) is 3.64. The van der Waals surface area contributed by atoms with Crippen LogP contribution in [0, 0.1) is 17.3 Å². The summed E-state index contributed by atoms with van der Waals surface area (Å²) in [4.78, 5) is 25.2. The Hall–Kier alpha value is -1.58. The van der Waals surface area contributed by atoms with E-state index in [0.29, 0.717) is 4.48 Å². The van der Waals surface area contributed by atoms with E-state index < -0.39 is 17.4 Å². The maximum Gasteiger partial charge on any atom is 0.324 e. The van der Waals surface area contributed by atoms with Crippen molar-refractivity contribution in [3.05, 3.63) is 23.7 Å². The predicted molar refractivity (Wildman–Crippen MR) is 106 cm³/mol. The molecular weight excluding hydrogens is 400 g/mol. The van der Waals surface area contributed by atoms with Crippen LogP contribution in [0.4, 0.5) is 0 Å². The van der Waals surface area contributed by atoms with Crippen LogP contribution in [-0.2, 0) is 23.8 Å². The van der Waals surface area contributed by atoms with Gasteiger partial charge in [0.1, 0.15) is 6.10 Å². The summed E-state index contributed by atoms with van der Waals surface area (Å²) < 4.78 is 16.1. The number of esters is 2. The Balaban J connectivity index is 5.53. The Bertz CT molecular complexity index is 526. The van der Waals surface area contributed by atoms with E-state index in [4.69, 9.17) is 14.2 Å². The summed E-state index contributed by atoms with van der Waals surface area (Å²) in [6.45, 7) is 11.1. The van der Waals surface area contributed by atoms with Crippen molar-refractivity contribution in [2.45, 2.75) is 52.1 Å². The Morgan fingerprint density at radius 1 is 1.23 bits per heavy atom. The lowest BCUT2D eigenvalue weighted by Crippen LogP contribution is -2.42. The minimum Gasteiger partial charge on any atom is -0.465 e. The van der Waals surface area contributed by atoms with E-state index in [1.165, 1.54) is 0 Å². The number of carbonyl (C=O) groups is 2. The quantitative estimate of drug-likeness (QED) is 0.153. The van der Waals surface area contributed by atoms with E-state index in [-0.39, 0.29) is 32.2 Å². The molecule has 0 rings (SSSR count). The molecule has 0 aliphatic rings. The van der Waals surface area contributed by atoms with Gasteiger partial charge in [0.15, 0.2) is 5.41 Å². The molecule has 0 fully saturated rings. The number of methoxy groups -OCH3 is 1. The molecule has 0 saturated carbocycles. The Morgan fingerprint density at radius 2 is 1.81 bits per heavy atom. The molecule has 0 radical (unpaired) electrons. The van der Waals surface area contributed by atoms with Gasteiger partial charge in [-0.05, 0) is 37.6 Å². The summed E-state index contributed by atoms with van der Waals surface area (Å²) in [5, 5.41) is 0. The predicted octanol–water partition coefficient (Wildman–Crippen LogP) is 4.16. The second kappa shape index (κ2) is 13.6. The average Bonchev–Trinajstić information content (AvgIpc) is 2.59. The normalized spacial score (nSPS) is 11.7. The second-order valence-corrected chi connectivity index (χ2v) is 6.78. The molecule has 0 aromatic carbocycles. The lowest BCUT2D eigenvalue weighted by atomic mass is 9.81. The lowest BCUT2D eigenvalue weighted by Gasteiger charge is -2.27. The smallest absolute Gasteiger partial charge is 0.324 e. The van der Waals surface area contributed by atoms with Gasteiger partial charge < -0.3 is 14.2 Å². The van der Waals surface area contributed by atoms with E-state index in [0.717, 1.165) is 19.3 Å². The van der Waals surface area contributed by atoms with Crippen LogP contribution in [0.3, 0.4) is 0 Å². The van der Waals surface area contributed by atoms with E-state index in [9.17, 15) is 9.59 Å². The summed E-state index contributed by atoms with van der Waals surface area (Å²) in [6.07, 6.45) is 4.10. The third-order valence-corrected chi connectivity index (χ3v) is 3.92. The molecule has 146 valence electrons. The first-order valence-corrected chi connectivity index (χ1v) is 9.47. The van der Waals surface area contributed by atoms with Crippen molar-refractivity contribution < 1.29 is 23.8 Å². The molecule has 5 nitrogen and oxygen atoms in total. The van der Waals surface area contributed by atoms with Crippen molar-refractivity contribution in [2.75, 3.05) is 20.3 Å². The van der Waals surface area contributed by atoms with Gasteiger partial charge in [-0.2, -0.15) is 0 Å². The first-order chi connectivity index (χ1) is 12.4. The van der Waals surface area contributed by atoms with E-state index in [1.807, 2.05) is 6.08 Å². The molecule has 0 amide bonds. The summed E-state index contributed by atoms with van der Waals surface area (Å²) in [6, 6.07) is 0. The number of hydrogen-bond donors (Lipinski definition) is 0. The van der Waals surface area contributed by atoms with Gasteiger partial charge in [-0.15, -0.1) is 6.58 Å². The molecule has 0 aliphatic carbocycles. The highest BCUT2D eigenvalue weighted by Crippen LogP contribution is 2.35. The highest BCUT2D eigenvalue weighted by atomic mass is 79.9. The highest BCUT2D eigenvalue weighted by molar-refractivity contribution is 9.11. The number of rotatable bonds is 12. The monoisotopic (exact) mass is 428 g/mol. The number of hydrogen-bond acceptors (Lipinski definition) is 5. The molecule has 0 bridgehead atoms. The Morgan fingerprint density at radius 3 is 2.23 bits per heavy atom. The summed E-state index contributed by atoms with van der Waals surface area (Å²) in [5.41, 5.74) is -1.54. The molecule has 0 spiro atoms. The molecule has 0 N–H and O–H groups in total. The minimum absolute atomic E-state index is 0.0311. The van der Waals surface area contributed by atoms with Crippen LogP contribution in [0.5, 0.6) is 0 Å². The van der Waals surface area contributed by atoms with Gasteiger partial charge in [0.2, 0.25) is 0 Å². The van der Waals surface area contributed by atoms with Gasteiger partial charge in [-0.3, -0.25) is 9.59 Å². The Kier molecular flexibility index (Phi) is 12.8. The van der Waals surface area contributed by atoms with E-state index >= 15 is 0 Å². The molecule has 0 heterocycles. The number of halogens is 1. The molecule has 0 aromatic heterocycles. The van der Waals surface area contributed by atoms with Crippen LogP contribution in [0.2, 0.25) is 0 Å². The second-order valence-electron chi connectivity index (χ2n) is 5.66. The van der Waals surface area contributed by atoms with Crippen molar-refractivity contribution >= 4 is 27.9 Å². The molecule has 26 heavy (non-hydrogen) atoms. The third kappa shape index (κ3) is 8.20. The largest absolute Gasteiger partial charge is 0.465 e. The zero-order valence-corrected chi connectivity index (χ0v) is 17.5. The molecule has 6 heteroatoms. The highest BCUT2D eigenvalue weighted by Gasteiger charge is 2.48. The van der Waals surface area contributed by atoms with Gasteiger partial charge in [0.25, 0.3) is 0 Å². The topological polar surface area (TPSA) is 61.8 Å². The fraction of sp³-hybridized carbons (Fsp3) is 0.600. The van der Waals surface area contributed by atoms with Crippen LogP contribution >= 0.6 is 15.9 Å². The van der Waals surface area contributed by atoms with E-state index in [2.05, 4.69) is 40.9 Å². The average molecular weight is 429 g/mol. The number of unbranched alkanes of at least 4 members (excludes halogenated alkanes) is 1. The SMILES string of the molecule is C=CCCCC(C#CCC(CC(=C)Br)(C(=O)OCC)C(=O)OCC)OC. The fourth-order valence-corrected chi connectivity index (χ4v) is 2.79. The maximum absolute atomic E-state index is 12.6. The molecule has 1 unspecified atom stereocenters. The number of ether oxygens (including phenoxy) is 3. The summed E-state index contributed by atoms with van der Waals surface area (Å²) in [5.74, 6) is 4.59. The van der Waals surface area contributed by atoms with Crippen molar-refractivity contribution in [3.63, 3.8) is 0 Å². The van der Waals surface area contributed by atoms with Gasteiger partial charge in [0, 0.05) is 20.0 Å². The van der Waals surface area contributed by atoms with Gasteiger partial charge in [-0.25, -0.2) is 0 Å². The zero-order valence-electron chi connectivity index (χ0n) is 15.9. The van der Waals surface area contributed by atoms with Gasteiger partial charge in [0.05, 0.1) is 13.2 Å². The van der Waals surface area contributed by atoms with Crippen LogP contribution in [0.1, 0.15) is 46.0 Å². The number of allylic oxidation sites excluding steroid dienone is 2. The molecule has 1 atom stereocenters. The van der Waals surface area contributed by atoms with Crippen LogP contribution in [-0.4, -0.2) is 38.4 Å². The minimum atomic E-state index is -1.54. The molecule has 0 aliphatic heterocycles. The summed E-state index contributed by atoms with van der Waals surface area (Å²) in [7, 11) is 1.58. The molecule has 0 aromatic rings. The van der Waals surface area contributed by atoms with Crippen LogP contribution in [0.25, 0.3) is 0 Å². The maximum atomic E-state index is 12.6. The van der Waals surface area contributed by atoms with Crippen molar-refractivity contribution in [1.29, 1.82) is 0 Å². The standard InChI is InChI=1S/C20H29BrO5/c1-6-9-10-12-17(24-5)13-11-14-20(15-16(4)21,18(22)25-7-2)19(23)26-8-3/h6,17H,1,4,7-10,12,14-15H2,2-3,5H3. The van der Waals surface area contributed by atoms with Gasteiger partial charge >= 0.3 is 11.9 Å². The van der Waals surface area contributed by atoms with Crippen molar-refractivity contribution in [2.24, 2.45) is 5.41 Å². The molecular formula is C20H29BrO5. The number of carbonyl (C=O) groups excluding carboxylic acids is 2. The summed E-state index contributed by atoms with van der Waals surface area (Å²) >= 11 is 3.23. The Labute approximate surface area is 165 Å². The van der Waals surface area contributed by atoms with Crippen LogP contribution in [0.15, 0.2) is 23.7 Å².